The van der Waals surface area contributed by atoms with E-state index in [0.29, 0.717) is 5.69 Å². The second-order valence-corrected chi connectivity index (χ2v) is 5.65. The van der Waals surface area contributed by atoms with Crippen LogP contribution in [-0.2, 0) is 14.6 Å². The molecule has 0 amide bonds. The quantitative estimate of drug-likeness (QED) is 0.835. The summed E-state index contributed by atoms with van der Waals surface area (Å²) in [5.41, 5.74) is 0.591. The maximum Gasteiger partial charge on any atom is 0.323 e. The number of rotatable bonds is 5. The number of hydrogen-bond donors (Lipinski definition) is 1. The van der Waals surface area contributed by atoms with Crippen molar-refractivity contribution >= 4 is 21.5 Å². The molecule has 0 aliphatic rings. The number of sulfone groups is 1. The van der Waals surface area contributed by atoms with E-state index in [0.717, 1.165) is 0 Å². The van der Waals surface area contributed by atoms with Crippen LogP contribution in [0.1, 0.15) is 0 Å². The van der Waals surface area contributed by atoms with Crippen LogP contribution >= 0.6 is 0 Å². The summed E-state index contributed by atoms with van der Waals surface area (Å²) in [6.07, 6.45) is 0. The summed E-state index contributed by atoms with van der Waals surface area (Å²) >= 11 is 0. The largest absolute Gasteiger partial charge is 0.480 e. The molecule has 0 fully saturated rings. The molecule has 0 radical (unpaired) electrons. The Labute approximate surface area is 105 Å². The highest BCUT2D eigenvalue weighted by molar-refractivity contribution is 7.91. The Morgan fingerprint density at radius 1 is 1.39 bits per heavy atom. The molecule has 96 valence electrons. The second-order valence-electron chi connectivity index (χ2n) is 3.66. The van der Waals surface area contributed by atoms with Gasteiger partial charge in [-0.25, -0.2) is 8.42 Å². The van der Waals surface area contributed by atoms with Crippen LogP contribution in [0.25, 0.3) is 0 Å². The molecular formula is C11H12N2O4S. The minimum Gasteiger partial charge on any atom is -0.480 e. The monoisotopic (exact) mass is 268 g/mol. The number of aliphatic carboxylic acids is 1. The van der Waals surface area contributed by atoms with Gasteiger partial charge in [0.05, 0.1) is 11.0 Å². The predicted octanol–water partition coefficient (Wildman–Crippen LogP) is 0.505. The average Bonchev–Trinajstić information content (AvgIpc) is 2.28. The Morgan fingerprint density at radius 3 is 2.39 bits per heavy atom. The lowest BCUT2D eigenvalue weighted by Crippen LogP contribution is -2.25. The first-order valence-corrected chi connectivity index (χ1v) is 6.65. The molecule has 0 aliphatic heterocycles. The first-order chi connectivity index (χ1) is 8.36. The number of anilines is 1. The van der Waals surface area contributed by atoms with Crippen molar-refractivity contribution in [1.82, 2.24) is 0 Å². The summed E-state index contributed by atoms with van der Waals surface area (Å²) in [6, 6.07) is 7.33. The third-order valence-electron chi connectivity index (χ3n) is 2.26. The van der Waals surface area contributed by atoms with Crippen LogP contribution in [0.5, 0.6) is 0 Å². The van der Waals surface area contributed by atoms with Gasteiger partial charge in [0.2, 0.25) is 0 Å². The molecule has 18 heavy (non-hydrogen) atoms. The zero-order chi connectivity index (χ0) is 13.8. The molecule has 0 aromatic heterocycles. The zero-order valence-corrected chi connectivity index (χ0v) is 10.5. The Morgan fingerprint density at radius 2 is 1.94 bits per heavy atom. The second kappa shape index (κ2) is 5.51. The number of carboxylic acids is 1. The number of nitrogens with zero attached hydrogens (tertiary/aromatic N) is 2. The molecule has 0 saturated heterocycles. The first-order valence-electron chi connectivity index (χ1n) is 4.99. The van der Waals surface area contributed by atoms with Crippen molar-refractivity contribution in [3.8, 4) is 6.07 Å². The van der Waals surface area contributed by atoms with E-state index in [2.05, 4.69) is 0 Å². The molecule has 1 aromatic rings. The van der Waals surface area contributed by atoms with E-state index in [1.807, 2.05) is 0 Å². The molecule has 1 N–H and O–H groups in total. The molecule has 0 spiro atoms. The Balaban J connectivity index is 2.94. The minimum atomic E-state index is -3.57. The van der Waals surface area contributed by atoms with E-state index < -0.39 is 21.6 Å². The van der Waals surface area contributed by atoms with E-state index in [4.69, 9.17) is 10.4 Å². The Bertz CT molecular complexity index is 572. The van der Waals surface area contributed by atoms with Gasteiger partial charge in [-0.3, -0.25) is 4.79 Å². The Hall–Kier alpha value is -2.07. The summed E-state index contributed by atoms with van der Waals surface area (Å²) < 4.78 is 23.1. The first kappa shape index (κ1) is 14.0. The molecule has 0 saturated carbocycles. The predicted molar refractivity (Wildman–Crippen MR) is 65.0 cm³/mol. The number of benzene rings is 1. The van der Waals surface area contributed by atoms with Crippen molar-refractivity contribution in [2.75, 3.05) is 24.2 Å². The topological polar surface area (TPSA) is 98.5 Å². The molecule has 6 nitrogen and oxygen atoms in total. The van der Waals surface area contributed by atoms with Crippen molar-refractivity contribution in [2.24, 2.45) is 0 Å². The molecule has 0 unspecified atom stereocenters. The van der Waals surface area contributed by atoms with Crippen LogP contribution in [0.3, 0.4) is 0 Å². The highest BCUT2D eigenvalue weighted by atomic mass is 32.2. The molecule has 0 bridgehead atoms. The molecule has 0 atom stereocenters. The summed E-state index contributed by atoms with van der Waals surface area (Å²) in [4.78, 5) is 12.0. The van der Waals surface area contributed by atoms with Gasteiger partial charge in [0.15, 0.2) is 9.84 Å². The molecule has 7 heteroatoms. The van der Waals surface area contributed by atoms with Gasteiger partial charge in [-0.2, -0.15) is 5.26 Å². The van der Waals surface area contributed by atoms with Crippen LogP contribution in [0.4, 0.5) is 5.69 Å². The molecular weight excluding hydrogens is 256 g/mol. The molecule has 1 aromatic carbocycles. The Kier molecular flexibility index (Phi) is 4.28. The summed E-state index contributed by atoms with van der Waals surface area (Å²) in [7, 11) is -1.98. The average molecular weight is 268 g/mol. The number of likely N-dealkylation sites (N-methyl/N-ethyl adjacent to an activating group) is 1. The van der Waals surface area contributed by atoms with Crippen molar-refractivity contribution in [3.05, 3.63) is 24.3 Å². The van der Waals surface area contributed by atoms with Crippen LogP contribution in [-0.4, -0.2) is 38.8 Å². The SMILES string of the molecule is CN(CC(=O)O)c1ccc(S(=O)(=O)CC#N)cc1. The highest BCUT2D eigenvalue weighted by Crippen LogP contribution is 2.17. The number of carbonyl (C=O) groups is 1. The van der Waals surface area contributed by atoms with Crippen LogP contribution in [0.2, 0.25) is 0 Å². The van der Waals surface area contributed by atoms with E-state index in [1.54, 1.807) is 13.1 Å². The standard InChI is InChI=1S/C11H12N2O4S/c1-13(8-11(14)15)9-2-4-10(5-3-9)18(16,17)7-6-12/h2-5H,7-8H2,1H3,(H,14,15). The lowest BCUT2D eigenvalue weighted by atomic mass is 10.3. The minimum absolute atomic E-state index is 0.0523. The molecule has 0 heterocycles. The smallest absolute Gasteiger partial charge is 0.323 e. The number of carboxylic acid groups (broad SMARTS) is 1. The van der Waals surface area contributed by atoms with Crippen molar-refractivity contribution in [3.63, 3.8) is 0 Å². The normalized spacial score (nSPS) is 10.7. The van der Waals surface area contributed by atoms with Gasteiger partial charge in [-0.1, -0.05) is 0 Å². The van der Waals surface area contributed by atoms with Gasteiger partial charge >= 0.3 is 5.97 Å². The lowest BCUT2D eigenvalue weighted by Gasteiger charge is -2.16. The maximum atomic E-state index is 11.6. The fourth-order valence-electron chi connectivity index (χ4n) is 1.37. The van der Waals surface area contributed by atoms with Crippen molar-refractivity contribution in [1.29, 1.82) is 5.26 Å². The summed E-state index contributed by atoms with van der Waals surface area (Å²) in [5.74, 6) is -1.55. The van der Waals surface area contributed by atoms with E-state index in [-0.39, 0.29) is 11.4 Å². The van der Waals surface area contributed by atoms with E-state index in [9.17, 15) is 13.2 Å². The number of hydrogen-bond acceptors (Lipinski definition) is 5. The van der Waals surface area contributed by atoms with Gasteiger partial charge in [0.25, 0.3) is 0 Å². The van der Waals surface area contributed by atoms with Gasteiger partial charge < -0.3 is 10.0 Å². The van der Waals surface area contributed by atoms with Gasteiger partial charge in [-0.15, -0.1) is 0 Å². The maximum absolute atomic E-state index is 11.6. The molecule has 0 aliphatic carbocycles. The van der Waals surface area contributed by atoms with Gasteiger partial charge in [-0.05, 0) is 24.3 Å². The lowest BCUT2D eigenvalue weighted by molar-refractivity contribution is -0.135. The van der Waals surface area contributed by atoms with Crippen molar-refractivity contribution < 1.29 is 18.3 Å². The third-order valence-corrected chi connectivity index (χ3v) is 3.76. The summed E-state index contributed by atoms with van der Waals surface area (Å²) in [6.45, 7) is -0.176. The van der Waals surface area contributed by atoms with Crippen LogP contribution in [0.15, 0.2) is 29.2 Å². The highest BCUT2D eigenvalue weighted by Gasteiger charge is 2.14. The number of nitriles is 1. The van der Waals surface area contributed by atoms with E-state index in [1.165, 1.54) is 29.2 Å². The van der Waals surface area contributed by atoms with Crippen LogP contribution < -0.4 is 4.90 Å². The van der Waals surface area contributed by atoms with Crippen molar-refractivity contribution in [2.45, 2.75) is 4.90 Å². The molecule has 1 rings (SSSR count). The van der Waals surface area contributed by atoms with E-state index >= 15 is 0 Å². The fraction of sp³-hybridized carbons (Fsp3) is 0.273. The van der Waals surface area contributed by atoms with Gasteiger partial charge in [0, 0.05) is 12.7 Å². The van der Waals surface area contributed by atoms with Gasteiger partial charge in [0.1, 0.15) is 12.3 Å². The fourth-order valence-corrected chi connectivity index (χ4v) is 2.26. The summed E-state index contributed by atoms with van der Waals surface area (Å²) in [5, 5.41) is 17.0. The third kappa shape index (κ3) is 3.46. The zero-order valence-electron chi connectivity index (χ0n) is 9.70. The van der Waals surface area contributed by atoms with Crippen LogP contribution in [0, 0.1) is 11.3 Å².